The Bertz CT molecular complexity index is 898. The van der Waals surface area contributed by atoms with Gasteiger partial charge in [0.1, 0.15) is 11.4 Å². The van der Waals surface area contributed by atoms with Gasteiger partial charge in [-0.2, -0.15) is 0 Å². The normalized spacial score (nSPS) is 17.0. The van der Waals surface area contributed by atoms with Crippen LogP contribution in [-0.4, -0.2) is 53.8 Å². The Kier molecular flexibility index (Phi) is 8.69. The summed E-state index contributed by atoms with van der Waals surface area (Å²) in [5, 5.41) is 13.8. The van der Waals surface area contributed by atoms with Crippen LogP contribution >= 0.6 is 0 Å². The maximum absolute atomic E-state index is 14.7. The maximum Gasteiger partial charge on any atom is 0.410 e. The van der Waals surface area contributed by atoms with Crippen molar-refractivity contribution in [2.75, 3.05) is 25.5 Å². The molecule has 2 atom stereocenters. The first-order valence-electron chi connectivity index (χ1n) is 11.5. The number of amides is 2. The topological polar surface area (TPSA) is 105 Å². The van der Waals surface area contributed by atoms with E-state index in [2.05, 4.69) is 5.32 Å². The van der Waals surface area contributed by atoms with Gasteiger partial charge in [-0.1, -0.05) is 32.9 Å². The van der Waals surface area contributed by atoms with E-state index >= 15 is 0 Å². The van der Waals surface area contributed by atoms with Crippen LogP contribution in [0.5, 0.6) is 0 Å². The number of hydrogen-bond acceptors (Lipinski definition) is 6. The first kappa shape index (κ1) is 27.6. The van der Waals surface area contributed by atoms with Crippen LogP contribution in [0, 0.1) is 23.1 Å². The average molecular weight is 481 g/mol. The molecule has 1 heterocycles. The van der Waals surface area contributed by atoms with Gasteiger partial charge in [0.2, 0.25) is 5.91 Å². The van der Waals surface area contributed by atoms with Crippen molar-refractivity contribution in [3.63, 3.8) is 0 Å². The minimum atomic E-state index is -1.42. The Hall–Kier alpha value is -2.68. The molecule has 0 spiro atoms. The Morgan fingerprint density at radius 3 is 2.21 bits per heavy atom. The number of hydrogen-bond donors (Lipinski definition) is 2. The number of carbonyl (C=O) groups excluding carboxylic acids is 3. The summed E-state index contributed by atoms with van der Waals surface area (Å²) in [6.45, 7) is 11.1. The van der Waals surface area contributed by atoms with Crippen molar-refractivity contribution in [3.8, 4) is 0 Å². The summed E-state index contributed by atoms with van der Waals surface area (Å²) in [6.07, 6.45) is -1.00. The van der Waals surface area contributed by atoms with Crippen LogP contribution < -0.4 is 5.32 Å². The van der Waals surface area contributed by atoms with E-state index in [0.717, 1.165) is 0 Å². The molecule has 0 aromatic heterocycles. The first-order chi connectivity index (χ1) is 15.7. The molecule has 0 bridgehead atoms. The second-order valence-corrected chi connectivity index (χ2v) is 10.7. The van der Waals surface area contributed by atoms with Crippen molar-refractivity contribution in [2.45, 2.75) is 66.1 Å². The predicted octanol–water partition coefficient (Wildman–Crippen LogP) is 4.28. The number of aliphatic hydroxyl groups is 1. The number of aliphatic hydroxyl groups excluding tert-OH is 1. The molecular weight excluding hydrogens is 443 g/mol. The summed E-state index contributed by atoms with van der Waals surface area (Å²) in [4.78, 5) is 39.2. The summed E-state index contributed by atoms with van der Waals surface area (Å²) in [7, 11) is 1.23. The predicted molar refractivity (Wildman–Crippen MR) is 125 cm³/mol. The number of rotatable bonds is 5. The van der Waals surface area contributed by atoms with Crippen LogP contribution in [-0.2, 0) is 19.1 Å². The zero-order chi connectivity index (χ0) is 25.8. The molecule has 2 N–H and O–H groups in total. The monoisotopic (exact) mass is 480 g/mol. The minimum Gasteiger partial charge on any atom is -0.469 e. The summed E-state index contributed by atoms with van der Waals surface area (Å²) in [5.41, 5.74) is -1.47. The molecule has 1 aliphatic rings. The molecule has 1 aromatic rings. The Morgan fingerprint density at radius 1 is 1.12 bits per heavy atom. The van der Waals surface area contributed by atoms with Gasteiger partial charge in [0.15, 0.2) is 0 Å². The number of carbonyl (C=O) groups is 3. The second kappa shape index (κ2) is 10.7. The van der Waals surface area contributed by atoms with Gasteiger partial charge in [-0.15, -0.1) is 0 Å². The standard InChI is InChI=1S/C25H37FN2O6/c1-24(2,3)22(31)27-19-16(9-8-10-17(19)26)20(29)18(21(30)33-7)15-11-13-28(14-12-15)23(32)34-25(4,5)6/h8-10,15,18,20,29H,11-14H2,1-7H3,(H,27,31)/t18-,20+/m0/s1. The van der Waals surface area contributed by atoms with E-state index in [-0.39, 0.29) is 17.2 Å². The summed E-state index contributed by atoms with van der Waals surface area (Å²) in [5.74, 6) is -3.10. The van der Waals surface area contributed by atoms with E-state index in [0.29, 0.717) is 25.9 Å². The zero-order valence-corrected chi connectivity index (χ0v) is 21.1. The molecule has 190 valence electrons. The highest BCUT2D eigenvalue weighted by Gasteiger charge is 2.40. The van der Waals surface area contributed by atoms with Gasteiger partial charge in [0, 0.05) is 24.1 Å². The summed E-state index contributed by atoms with van der Waals surface area (Å²) >= 11 is 0. The highest BCUT2D eigenvalue weighted by molar-refractivity contribution is 5.95. The lowest BCUT2D eigenvalue weighted by Crippen LogP contribution is -2.44. The van der Waals surface area contributed by atoms with Crippen molar-refractivity contribution in [3.05, 3.63) is 29.6 Å². The van der Waals surface area contributed by atoms with Gasteiger partial charge in [-0.3, -0.25) is 9.59 Å². The molecule has 0 unspecified atom stereocenters. The number of likely N-dealkylation sites (tertiary alicyclic amines) is 1. The molecule has 8 nitrogen and oxygen atoms in total. The van der Waals surface area contributed by atoms with Crippen LogP contribution in [0.4, 0.5) is 14.9 Å². The van der Waals surface area contributed by atoms with Gasteiger partial charge >= 0.3 is 12.1 Å². The molecule has 1 aromatic carbocycles. The van der Waals surface area contributed by atoms with Crippen molar-refractivity contribution >= 4 is 23.7 Å². The fourth-order valence-corrected chi connectivity index (χ4v) is 3.90. The van der Waals surface area contributed by atoms with Crippen molar-refractivity contribution in [1.82, 2.24) is 4.90 Å². The molecule has 2 amide bonds. The number of halogens is 1. The molecule has 1 fully saturated rings. The largest absolute Gasteiger partial charge is 0.469 e. The van der Waals surface area contributed by atoms with Gasteiger partial charge in [0.25, 0.3) is 0 Å². The van der Waals surface area contributed by atoms with E-state index in [1.165, 1.54) is 25.3 Å². The van der Waals surface area contributed by atoms with Crippen LogP contribution in [0.1, 0.15) is 66.1 Å². The minimum absolute atomic E-state index is 0.0996. The number of para-hydroxylation sites is 1. The third kappa shape index (κ3) is 6.91. The van der Waals surface area contributed by atoms with Gasteiger partial charge in [-0.25, -0.2) is 9.18 Å². The highest BCUT2D eigenvalue weighted by Crippen LogP contribution is 2.39. The maximum atomic E-state index is 14.7. The van der Waals surface area contributed by atoms with Crippen LogP contribution in [0.3, 0.4) is 0 Å². The molecule has 1 aliphatic heterocycles. The van der Waals surface area contributed by atoms with E-state index in [1.54, 1.807) is 46.4 Å². The zero-order valence-electron chi connectivity index (χ0n) is 21.1. The fourth-order valence-electron chi connectivity index (χ4n) is 3.90. The summed E-state index contributed by atoms with van der Waals surface area (Å²) < 4.78 is 25.1. The lowest BCUT2D eigenvalue weighted by atomic mass is 9.78. The number of anilines is 1. The van der Waals surface area contributed by atoms with Crippen LogP contribution in [0.25, 0.3) is 0 Å². The van der Waals surface area contributed by atoms with Crippen LogP contribution in [0.2, 0.25) is 0 Å². The van der Waals surface area contributed by atoms with E-state index in [9.17, 15) is 23.9 Å². The number of esters is 1. The van der Waals surface area contributed by atoms with E-state index in [1.807, 2.05) is 0 Å². The number of methoxy groups -OCH3 is 1. The van der Waals surface area contributed by atoms with Crippen LogP contribution in [0.15, 0.2) is 18.2 Å². The lowest BCUT2D eigenvalue weighted by molar-refractivity contribution is -0.153. The Balaban J connectivity index is 2.28. The SMILES string of the molecule is COC(=O)[C@@H](C1CCN(C(=O)OC(C)(C)C)CC1)[C@H](O)c1cccc(F)c1NC(=O)C(C)(C)C. The Morgan fingerprint density at radius 2 is 1.71 bits per heavy atom. The van der Waals surface area contributed by atoms with E-state index in [4.69, 9.17) is 9.47 Å². The quantitative estimate of drug-likeness (QED) is 0.610. The molecule has 2 rings (SSSR count). The molecule has 34 heavy (non-hydrogen) atoms. The van der Waals surface area contributed by atoms with E-state index < -0.39 is 46.8 Å². The van der Waals surface area contributed by atoms with Gasteiger partial charge in [0.05, 0.1) is 24.8 Å². The van der Waals surface area contributed by atoms with Crippen molar-refractivity contribution in [1.29, 1.82) is 0 Å². The van der Waals surface area contributed by atoms with Gasteiger partial charge in [-0.05, 0) is 45.6 Å². The molecule has 0 radical (unpaired) electrons. The number of ether oxygens (including phenoxy) is 2. The smallest absolute Gasteiger partial charge is 0.410 e. The van der Waals surface area contributed by atoms with Crippen molar-refractivity contribution < 1.29 is 33.4 Å². The number of piperidine rings is 1. The Labute approximate surface area is 200 Å². The summed E-state index contributed by atoms with van der Waals surface area (Å²) in [6, 6.07) is 4.08. The second-order valence-electron chi connectivity index (χ2n) is 10.7. The highest BCUT2D eigenvalue weighted by atomic mass is 19.1. The average Bonchev–Trinajstić information content (AvgIpc) is 2.73. The van der Waals surface area contributed by atoms with Gasteiger partial charge < -0.3 is 24.8 Å². The first-order valence-corrected chi connectivity index (χ1v) is 11.5. The number of nitrogens with zero attached hydrogens (tertiary/aromatic N) is 1. The number of benzene rings is 1. The molecule has 0 aliphatic carbocycles. The molecular formula is C25H37FN2O6. The molecule has 9 heteroatoms. The fraction of sp³-hybridized carbons (Fsp3) is 0.640. The van der Waals surface area contributed by atoms with Crippen molar-refractivity contribution in [2.24, 2.45) is 17.3 Å². The molecule has 1 saturated heterocycles. The number of nitrogens with one attached hydrogen (secondary N) is 1. The molecule has 0 saturated carbocycles. The third-order valence-electron chi connectivity index (χ3n) is 5.80. The third-order valence-corrected chi connectivity index (χ3v) is 5.80. The lowest BCUT2D eigenvalue weighted by Gasteiger charge is -2.37.